The second kappa shape index (κ2) is 9.03. The highest BCUT2D eigenvalue weighted by Gasteiger charge is 2.20. The van der Waals surface area contributed by atoms with Crippen molar-refractivity contribution < 1.29 is 4.79 Å². The molecule has 0 spiro atoms. The number of carbonyl (C=O) groups excluding carboxylic acids is 1. The van der Waals surface area contributed by atoms with E-state index in [-0.39, 0.29) is 17.2 Å². The summed E-state index contributed by atoms with van der Waals surface area (Å²) >= 11 is 2.74. The Hall–Kier alpha value is -2.71. The molecule has 0 aliphatic carbocycles. The molecule has 1 fully saturated rings. The van der Waals surface area contributed by atoms with E-state index in [0.29, 0.717) is 21.9 Å². The Labute approximate surface area is 194 Å². The van der Waals surface area contributed by atoms with Crippen LogP contribution in [0.4, 0.5) is 0 Å². The molecular formula is C24H24N4O2S2. The van der Waals surface area contributed by atoms with Crippen LogP contribution in [0.1, 0.15) is 30.4 Å². The lowest BCUT2D eigenvalue weighted by Gasteiger charge is -2.26. The number of nitrogens with zero attached hydrogens (tertiary/aromatic N) is 4. The van der Waals surface area contributed by atoms with Gasteiger partial charge in [-0.25, -0.2) is 9.97 Å². The predicted octanol–water partition coefficient (Wildman–Crippen LogP) is 4.47. The lowest BCUT2D eigenvalue weighted by molar-refractivity contribution is -0.129. The van der Waals surface area contributed by atoms with Crippen molar-refractivity contribution in [1.29, 1.82) is 0 Å². The smallest absolute Gasteiger partial charge is 0.272 e. The topological polar surface area (TPSA) is 68.1 Å². The van der Waals surface area contributed by atoms with Crippen molar-refractivity contribution >= 4 is 49.4 Å². The molecule has 0 unspecified atom stereocenters. The van der Waals surface area contributed by atoms with Gasteiger partial charge in [-0.1, -0.05) is 41.6 Å². The number of aryl methyl sites for hydroxylation is 1. The van der Waals surface area contributed by atoms with Crippen LogP contribution in [0.25, 0.3) is 20.4 Å². The van der Waals surface area contributed by atoms with Gasteiger partial charge in [0.15, 0.2) is 5.16 Å². The third-order valence-corrected chi connectivity index (χ3v) is 7.86. The summed E-state index contributed by atoms with van der Waals surface area (Å²) in [5.41, 5.74) is 2.80. The molecule has 3 aromatic heterocycles. The van der Waals surface area contributed by atoms with E-state index in [0.717, 1.165) is 41.7 Å². The van der Waals surface area contributed by atoms with Gasteiger partial charge in [-0.05, 0) is 43.9 Å². The lowest BCUT2D eigenvalue weighted by Crippen LogP contribution is -2.37. The van der Waals surface area contributed by atoms with Gasteiger partial charge in [0, 0.05) is 24.7 Å². The van der Waals surface area contributed by atoms with Crippen LogP contribution in [0, 0.1) is 6.92 Å². The Kier molecular flexibility index (Phi) is 5.97. The zero-order valence-corrected chi connectivity index (χ0v) is 19.5. The molecule has 6 nitrogen and oxygen atoms in total. The highest BCUT2D eigenvalue weighted by atomic mass is 32.2. The number of thiophene rings is 1. The minimum absolute atomic E-state index is 0.0773. The van der Waals surface area contributed by atoms with Crippen LogP contribution in [-0.4, -0.2) is 44.2 Å². The molecule has 5 rings (SSSR count). The molecule has 1 amide bonds. The van der Waals surface area contributed by atoms with Crippen LogP contribution in [0.15, 0.2) is 52.5 Å². The van der Waals surface area contributed by atoms with E-state index in [1.165, 1.54) is 35.1 Å². The van der Waals surface area contributed by atoms with E-state index in [1.807, 2.05) is 48.2 Å². The molecule has 4 heterocycles. The highest BCUT2D eigenvalue weighted by molar-refractivity contribution is 7.99. The van der Waals surface area contributed by atoms with Crippen molar-refractivity contribution in [3.63, 3.8) is 0 Å². The number of benzene rings is 1. The second-order valence-electron chi connectivity index (χ2n) is 8.14. The molecule has 1 saturated heterocycles. The molecule has 4 aromatic rings. The van der Waals surface area contributed by atoms with Crippen molar-refractivity contribution in [3.05, 3.63) is 64.1 Å². The Morgan fingerprint density at radius 1 is 1.12 bits per heavy atom. The Morgan fingerprint density at radius 3 is 2.69 bits per heavy atom. The number of amides is 1. The van der Waals surface area contributed by atoms with Gasteiger partial charge in [0.05, 0.1) is 17.8 Å². The van der Waals surface area contributed by atoms with Gasteiger partial charge in [-0.3, -0.25) is 14.2 Å². The molecule has 1 aliphatic rings. The first-order valence-corrected chi connectivity index (χ1v) is 12.6. The van der Waals surface area contributed by atoms with Gasteiger partial charge < -0.3 is 4.90 Å². The number of aromatic nitrogens is 3. The van der Waals surface area contributed by atoms with Gasteiger partial charge in [0.1, 0.15) is 9.53 Å². The third kappa shape index (κ3) is 4.17. The Bertz CT molecular complexity index is 1340. The van der Waals surface area contributed by atoms with Crippen molar-refractivity contribution in [2.24, 2.45) is 0 Å². The largest absolute Gasteiger partial charge is 0.342 e. The fraction of sp³-hybridized carbons (Fsp3) is 0.333. The van der Waals surface area contributed by atoms with E-state index in [1.54, 1.807) is 10.8 Å². The number of rotatable bonds is 5. The fourth-order valence-corrected chi connectivity index (χ4v) is 5.95. The SMILES string of the molecule is Cc1ccc(Cn2c(SCC(=O)N3CCCCC3)nc3c(sc4ncccc43)c2=O)cc1. The summed E-state index contributed by atoms with van der Waals surface area (Å²) in [6, 6.07) is 12.0. The van der Waals surface area contributed by atoms with Crippen LogP contribution >= 0.6 is 23.1 Å². The van der Waals surface area contributed by atoms with Gasteiger partial charge in [-0.15, -0.1) is 11.3 Å². The zero-order chi connectivity index (χ0) is 22.1. The number of fused-ring (bicyclic) bond motifs is 3. The highest BCUT2D eigenvalue weighted by Crippen LogP contribution is 2.30. The van der Waals surface area contributed by atoms with Crippen LogP contribution in [-0.2, 0) is 11.3 Å². The number of piperidine rings is 1. The standard InChI is InChI=1S/C24H24N4O2S2/c1-16-7-9-17(10-8-16)14-28-23(30)21-20(18-6-5-11-25-22(18)32-21)26-24(28)31-15-19(29)27-12-3-2-4-13-27/h5-11H,2-4,12-15H2,1H3. The normalized spacial score (nSPS) is 14.3. The van der Waals surface area contributed by atoms with E-state index in [4.69, 9.17) is 4.98 Å². The molecule has 1 aliphatic heterocycles. The number of hydrogen-bond donors (Lipinski definition) is 0. The molecule has 32 heavy (non-hydrogen) atoms. The molecule has 8 heteroatoms. The first kappa shape index (κ1) is 21.2. The third-order valence-electron chi connectivity index (χ3n) is 5.81. The summed E-state index contributed by atoms with van der Waals surface area (Å²) in [5, 5.41) is 1.47. The van der Waals surface area contributed by atoms with E-state index >= 15 is 0 Å². The maximum atomic E-state index is 13.5. The average molecular weight is 465 g/mol. The lowest BCUT2D eigenvalue weighted by atomic mass is 10.1. The summed E-state index contributed by atoms with van der Waals surface area (Å²) in [5.74, 6) is 0.398. The van der Waals surface area contributed by atoms with Gasteiger partial charge >= 0.3 is 0 Å². The monoisotopic (exact) mass is 464 g/mol. The van der Waals surface area contributed by atoms with Gasteiger partial charge in [-0.2, -0.15) is 0 Å². The summed E-state index contributed by atoms with van der Waals surface area (Å²) in [4.78, 5) is 38.3. The molecule has 1 aromatic carbocycles. The molecule has 0 saturated carbocycles. The Balaban J connectivity index is 1.54. The van der Waals surface area contributed by atoms with Crippen molar-refractivity contribution in [2.45, 2.75) is 37.9 Å². The molecule has 164 valence electrons. The van der Waals surface area contributed by atoms with E-state index < -0.39 is 0 Å². The summed E-state index contributed by atoms with van der Waals surface area (Å²) in [6.07, 6.45) is 5.04. The van der Waals surface area contributed by atoms with Crippen molar-refractivity contribution in [2.75, 3.05) is 18.8 Å². The van der Waals surface area contributed by atoms with Crippen LogP contribution in [0.5, 0.6) is 0 Å². The van der Waals surface area contributed by atoms with Crippen LogP contribution in [0.2, 0.25) is 0 Å². The molecule has 0 radical (unpaired) electrons. The average Bonchev–Trinajstić information content (AvgIpc) is 3.20. The minimum atomic E-state index is -0.0773. The predicted molar refractivity (Wildman–Crippen MR) is 131 cm³/mol. The molecule has 0 bridgehead atoms. The first-order chi connectivity index (χ1) is 15.6. The fourth-order valence-electron chi connectivity index (χ4n) is 4.03. The summed E-state index contributed by atoms with van der Waals surface area (Å²) in [6.45, 7) is 4.11. The number of carbonyl (C=O) groups is 1. The number of hydrogen-bond acceptors (Lipinski definition) is 6. The first-order valence-electron chi connectivity index (χ1n) is 10.8. The van der Waals surface area contributed by atoms with E-state index in [2.05, 4.69) is 4.98 Å². The summed E-state index contributed by atoms with van der Waals surface area (Å²) < 4.78 is 2.31. The molecule has 0 N–H and O–H groups in total. The van der Waals surface area contributed by atoms with Crippen molar-refractivity contribution in [1.82, 2.24) is 19.4 Å². The number of likely N-dealkylation sites (tertiary alicyclic amines) is 1. The molecular weight excluding hydrogens is 440 g/mol. The summed E-state index contributed by atoms with van der Waals surface area (Å²) in [7, 11) is 0. The van der Waals surface area contributed by atoms with Gasteiger partial charge in [0.25, 0.3) is 5.56 Å². The number of pyridine rings is 1. The Morgan fingerprint density at radius 2 is 1.91 bits per heavy atom. The van der Waals surface area contributed by atoms with Gasteiger partial charge in [0.2, 0.25) is 5.91 Å². The van der Waals surface area contributed by atoms with Crippen LogP contribution in [0.3, 0.4) is 0 Å². The maximum Gasteiger partial charge on any atom is 0.272 e. The maximum absolute atomic E-state index is 13.5. The minimum Gasteiger partial charge on any atom is -0.342 e. The molecule has 0 atom stereocenters. The second-order valence-corrected chi connectivity index (χ2v) is 10.1. The van der Waals surface area contributed by atoms with Crippen LogP contribution < -0.4 is 5.56 Å². The van der Waals surface area contributed by atoms with Crippen molar-refractivity contribution in [3.8, 4) is 0 Å². The van der Waals surface area contributed by atoms with E-state index in [9.17, 15) is 9.59 Å². The quantitative estimate of drug-likeness (QED) is 0.322. The zero-order valence-electron chi connectivity index (χ0n) is 17.9. The number of thioether (sulfide) groups is 1.